The van der Waals surface area contributed by atoms with Gasteiger partial charge in [-0.25, -0.2) is 0 Å². The lowest BCUT2D eigenvalue weighted by atomic mass is 10.2. The van der Waals surface area contributed by atoms with Crippen molar-refractivity contribution in [1.29, 1.82) is 0 Å². The van der Waals surface area contributed by atoms with Crippen LogP contribution in [0.15, 0.2) is 22.7 Å². The molecule has 0 saturated carbocycles. The number of hydrogen-bond acceptors (Lipinski definition) is 4. The molecule has 0 amide bonds. The molecule has 0 aliphatic carbocycles. The Kier molecular flexibility index (Phi) is 4.48. The molecule has 0 radical (unpaired) electrons. The van der Waals surface area contributed by atoms with Crippen LogP contribution in [0.3, 0.4) is 0 Å². The Balaban J connectivity index is 2.26. The standard InChI is InChI=1S/C13H16BrN3S/c1-4-15-9(3)12-16-17-13(18-12)10-6-5-8(2)11(14)7-10/h5-7,9,15H,4H2,1-3H3. The zero-order valence-corrected chi connectivity index (χ0v) is 13.1. The maximum absolute atomic E-state index is 4.27. The molecule has 3 nitrogen and oxygen atoms in total. The molecule has 0 fully saturated rings. The smallest absolute Gasteiger partial charge is 0.147 e. The third-order valence-electron chi connectivity index (χ3n) is 2.74. The van der Waals surface area contributed by atoms with Crippen molar-refractivity contribution in [3.05, 3.63) is 33.2 Å². The van der Waals surface area contributed by atoms with Crippen LogP contribution in [0, 0.1) is 6.92 Å². The van der Waals surface area contributed by atoms with Gasteiger partial charge in [0.05, 0.1) is 6.04 Å². The second-order valence-corrected chi connectivity index (χ2v) is 6.05. The molecular weight excluding hydrogens is 310 g/mol. The number of benzene rings is 1. The molecule has 2 aromatic rings. The molecule has 0 aliphatic heterocycles. The van der Waals surface area contributed by atoms with Crippen LogP contribution in [0.1, 0.15) is 30.5 Å². The number of aromatic nitrogens is 2. The quantitative estimate of drug-likeness (QED) is 0.924. The summed E-state index contributed by atoms with van der Waals surface area (Å²) in [6, 6.07) is 6.53. The summed E-state index contributed by atoms with van der Waals surface area (Å²) in [4.78, 5) is 0. The first kappa shape index (κ1) is 13.6. The minimum atomic E-state index is 0.259. The van der Waals surface area contributed by atoms with E-state index in [1.54, 1.807) is 11.3 Å². The Bertz CT molecular complexity index is 539. The Labute approximate surface area is 120 Å². The number of aryl methyl sites for hydroxylation is 1. The van der Waals surface area contributed by atoms with Crippen LogP contribution in [0.2, 0.25) is 0 Å². The number of hydrogen-bond donors (Lipinski definition) is 1. The van der Waals surface area contributed by atoms with Crippen molar-refractivity contribution in [3.63, 3.8) is 0 Å². The summed E-state index contributed by atoms with van der Waals surface area (Å²) < 4.78 is 1.11. The number of halogens is 1. The summed E-state index contributed by atoms with van der Waals surface area (Å²) in [7, 11) is 0. The highest BCUT2D eigenvalue weighted by molar-refractivity contribution is 9.10. The van der Waals surface area contributed by atoms with Crippen molar-refractivity contribution < 1.29 is 0 Å². The molecule has 1 N–H and O–H groups in total. The summed E-state index contributed by atoms with van der Waals surface area (Å²) in [5.41, 5.74) is 2.34. The summed E-state index contributed by atoms with van der Waals surface area (Å²) in [6.07, 6.45) is 0. The third-order valence-corrected chi connectivity index (χ3v) is 4.75. The van der Waals surface area contributed by atoms with Crippen molar-refractivity contribution in [3.8, 4) is 10.6 Å². The van der Waals surface area contributed by atoms with E-state index in [-0.39, 0.29) is 6.04 Å². The molecule has 5 heteroatoms. The van der Waals surface area contributed by atoms with Gasteiger partial charge >= 0.3 is 0 Å². The SMILES string of the molecule is CCNC(C)c1nnc(-c2ccc(C)c(Br)c2)s1. The fourth-order valence-electron chi connectivity index (χ4n) is 1.65. The Hall–Kier alpha value is -0.780. The fourth-order valence-corrected chi connectivity index (χ4v) is 2.89. The summed E-state index contributed by atoms with van der Waals surface area (Å²) in [6.45, 7) is 7.22. The monoisotopic (exact) mass is 325 g/mol. The lowest BCUT2D eigenvalue weighted by Gasteiger charge is -2.06. The molecule has 0 aliphatic rings. The first-order valence-electron chi connectivity index (χ1n) is 5.95. The normalized spacial score (nSPS) is 12.7. The van der Waals surface area contributed by atoms with Crippen LogP contribution in [0.25, 0.3) is 10.6 Å². The van der Waals surface area contributed by atoms with Gasteiger partial charge in [-0.05, 0) is 32.0 Å². The zero-order valence-electron chi connectivity index (χ0n) is 10.7. The Morgan fingerprint density at radius 2 is 2.17 bits per heavy atom. The van der Waals surface area contributed by atoms with E-state index in [0.29, 0.717) is 0 Å². The summed E-state index contributed by atoms with van der Waals surface area (Å²) >= 11 is 5.19. The van der Waals surface area contributed by atoms with E-state index in [9.17, 15) is 0 Å². The molecule has 2 rings (SSSR count). The van der Waals surface area contributed by atoms with Gasteiger partial charge in [0.25, 0.3) is 0 Å². The highest BCUT2D eigenvalue weighted by Gasteiger charge is 2.12. The van der Waals surface area contributed by atoms with Crippen LogP contribution < -0.4 is 5.32 Å². The van der Waals surface area contributed by atoms with E-state index < -0.39 is 0 Å². The lowest BCUT2D eigenvalue weighted by Crippen LogP contribution is -2.17. The van der Waals surface area contributed by atoms with E-state index in [4.69, 9.17) is 0 Å². The largest absolute Gasteiger partial charge is 0.308 e. The average Bonchev–Trinajstić information content (AvgIpc) is 2.82. The number of nitrogens with one attached hydrogen (secondary N) is 1. The molecule has 0 spiro atoms. The highest BCUT2D eigenvalue weighted by Crippen LogP contribution is 2.29. The minimum absolute atomic E-state index is 0.259. The molecule has 18 heavy (non-hydrogen) atoms. The van der Waals surface area contributed by atoms with Gasteiger partial charge in [-0.2, -0.15) is 0 Å². The number of rotatable bonds is 4. The van der Waals surface area contributed by atoms with Gasteiger partial charge in [-0.15, -0.1) is 10.2 Å². The van der Waals surface area contributed by atoms with Crippen LogP contribution in [-0.4, -0.2) is 16.7 Å². The Morgan fingerprint density at radius 1 is 1.39 bits per heavy atom. The van der Waals surface area contributed by atoms with E-state index in [0.717, 1.165) is 26.6 Å². The van der Waals surface area contributed by atoms with Crippen molar-refractivity contribution in [2.75, 3.05) is 6.54 Å². The average molecular weight is 326 g/mol. The number of nitrogens with zero attached hydrogens (tertiary/aromatic N) is 2. The van der Waals surface area contributed by atoms with Crippen LogP contribution in [0.4, 0.5) is 0 Å². The first-order valence-corrected chi connectivity index (χ1v) is 7.56. The van der Waals surface area contributed by atoms with Gasteiger partial charge in [-0.1, -0.05) is 46.3 Å². The molecule has 1 atom stereocenters. The maximum Gasteiger partial charge on any atom is 0.147 e. The molecule has 1 aromatic heterocycles. The van der Waals surface area contributed by atoms with E-state index >= 15 is 0 Å². The second-order valence-electron chi connectivity index (χ2n) is 4.19. The lowest BCUT2D eigenvalue weighted by molar-refractivity contribution is 0.590. The second kappa shape index (κ2) is 5.91. The van der Waals surface area contributed by atoms with Gasteiger partial charge in [0.2, 0.25) is 0 Å². The molecule has 1 aromatic carbocycles. The molecule has 0 bridgehead atoms. The Morgan fingerprint density at radius 3 is 2.83 bits per heavy atom. The maximum atomic E-state index is 4.27. The highest BCUT2D eigenvalue weighted by atomic mass is 79.9. The molecule has 1 unspecified atom stereocenters. The van der Waals surface area contributed by atoms with Crippen molar-refractivity contribution in [2.45, 2.75) is 26.8 Å². The van der Waals surface area contributed by atoms with E-state index in [2.05, 4.69) is 70.4 Å². The van der Waals surface area contributed by atoms with Gasteiger partial charge < -0.3 is 5.32 Å². The first-order chi connectivity index (χ1) is 8.61. The van der Waals surface area contributed by atoms with Crippen molar-refractivity contribution in [1.82, 2.24) is 15.5 Å². The van der Waals surface area contributed by atoms with Gasteiger partial charge in [0.1, 0.15) is 10.0 Å². The molecule has 0 saturated heterocycles. The predicted octanol–water partition coefficient (Wildman–Crippen LogP) is 3.95. The summed E-state index contributed by atoms with van der Waals surface area (Å²) in [5, 5.41) is 13.9. The predicted molar refractivity (Wildman–Crippen MR) is 79.9 cm³/mol. The van der Waals surface area contributed by atoms with Crippen LogP contribution in [0.5, 0.6) is 0 Å². The minimum Gasteiger partial charge on any atom is -0.308 e. The zero-order chi connectivity index (χ0) is 13.1. The summed E-state index contributed by atoms with van der Waals surface area (Å²) in [5.74, 6) is 0. The fraction of sp³-hybridized carbons (Fsp3) is 0.385. The van der Waals surface area contributed by atoms with Gasteiger partial charge in [0.15, 0.2) is 0 Å². The molecule has 1 heterocycles. The molecular formula is C13H16BrN3S. The third kappa shape index (κ3) is 2.96. The van der Waals surface area contributed by atoms with Crippen molar-refractivity contribution >= 4 is 27.3 Å². The van der Waals surface area contributed by atoms with E-state index in [1.807, 2.05) is 0 Å². The van der Waals surface area contributed by atoms with E-state index in [1.165, 1.54) is 5.56 Å². The molecule has 96 valence electrons. The van der Waals surface area contributed by atoms with Gasteiger partial charge in [0, 0.05) is 10.0 Å². The van der Waals surface area contributed by atoms with Crippen LogP contribution >= 0.6 is 27.3 Å². The van der Waals surface area contributed by atoms with Gasteiger partial charge in [-0.3, -0.25) is 0 Å². The van der Waals surface area contributed by atoms with Crippen LogP contribution in [-0.2, 0) is 0 Å². The topological polar surface area (TPSA) is 37.8 Å². The van der Waals surface area contributed by atoms with Crippen molar-refractivity contribution in [2.24, 2.45) is 0 Å².